The van der Waals surface area contributed by atoms with Crippen molar-refractivity contribution in [3.8, 4) is 0 Å². The summed E-state index contributed by atoms with van der Waals surface area (Å²) in [4.78, 5) is 19.5. The first-order chi connectivity index (χ1) is 12.8. The molecule has 0 unspecified atom stereocenters. The Bertz CT molecular complexity index is 572. The topological polar surface area (TPSA) is 205 Å². The predicted octanol–water partition coefficient (Wildman–Crippen LogP) is 5.17. The van der Waals surface area contributed by atoms with Gasteiger partial charge >= 0.3 is 0 Å². The maximum atomic E-state index is 9.41. The van der Waals surface area contributed by atoms with Crippen LogP contribution in [0, 0.1) is 5.92 Å². The van der Waals surface area contributed by atoms with Crippen LogP contribution < -0.4 is 34.4 Å². The predicted molar refractivity (Wildman–Crippen MR) is 140 cm³/mol. The molecule has 0 aromatic carbocycles. The van der Waals surface area contributed by atoms with Crippen molar-refractivity contribution in [2.24, 2.45) is 5.92 Å². The molecule has 1 aromatic rings. The molecule has 10 nitrogen and oxygen atoms in total. The summed E-state index contributed by atoms with van der Waals surface area (Å²) < 4.78 is 0. The number of halogens is 1. The van der Waals surface area contributed by atoms with E-state index < -0.39 is 0 Å². The Labute approximate surface area is 199 Å². The van der Waals surface area contributed by atoms with Crippen LogP contribution in [0.5, 0.6) is 0 Å². The number of aliphatic hydroxyl groups is 1. The van der Waals surface area contributed by atoms with Gasteiger partial charge in [-0.2, -0.15) is 15.0 Å². The number of piperidine rings is 2. The van der Waals surface area contributed by atoms with Gasteiger partial charge in [0.25, 0.3) is 0 Å². The lowest BCUT2D eigenvalue weighted by molar-refractivity contribution is 0.202. The Balaban J connectivity index is -0.000000234. The number of nitrogens with zero attached hydrogens (tertiary/aromatic N) is 5. The quantitative estimate of drug-likeness (QED) is 0.388. The molecule has 0 spiro atoms. The first-order valence-electron chi connectivity index (χ1n) is 10.7. The van der Waals surface area contributed by atoms with Crippen molar-refractivity contribution in [1.82, 2.24) is 39.6 Å². The van der Waals surface area contributed by atoms with E-state index in [-0.39, 0.29) is 42.7 Å². The van der Waals surface area contributed by atoms with Crippen molar-refractivity contribution in [3.05, 3.63) is 5.82 Å². The van der Waals surface area contributed by atoms with Crippen LogP contribution in [0.25, 0.3) is 0 Å². The monoisotopic (exact) mass is 471 g/mol. The van der Waals surface area contributed by atoms with Crippen LogP contribution in [-0.2, 0) is 0 Å². The Kier molecular flexibility index (Phi) is 15.9. The number of hydrogen-bond acceptors (Lipinski definition) is 10. The molecule has 11 heteroatoms. The zero-order valence-electron chi connectivity index (χ0n) is 19.2. The van der Waals surface area contributed by atoms with Crippen LogP contribution >= 0.6 is 12.4 Å². The minimum atomic E-state index is 0. The number of aliphatic hydroxyl groups excluding tert-OH is 1. The first-order valence-corrected chi connectivity index (χ1v) is 10.7. The molecule has 192 valence electrons. The zero-order chi connectivity index (χ0) is 17.8. The molecule has 2 aliphatic heterocycles. The molecule has 1 aromatic heterocycles. The number of aromatic nitrogens is 3. The molecule has 4 rings (SSSR count). The smallest absolute Gasteiger partial charge is 0.230 e. The molecule has 0 amide bonds. The van der Waals surface area contributed by atoms with Crippen molar-refractivity contribution >= 4 is 24.3 Å². The third-order valence-electron chi connectivity index (χ3n) is 6.39. The van der Waals surface area contributed by atoms with Gasteiger partial charge in [0.2, 0.25) is 11.9 Å². The van der Waals surface area contributed by atoms with Crippen LogP contribution in [-0.4, -0.2) is 52.8 Å². The summed E-state index contributed by atoms with van der Waals surface area (Å²) in [5, 5.41) is 9.41. The molecule has 1 saturated carbocycles. The second kappa shape index (κ2) is 15.5. The van der Waals surface area contributed by atoms with E-state index in [0.29, 0.717) is 18.4 Å². The van der Waals surface area contributed by atoms with Gasteiger partial charge in [0.05, 0.1) is 0 Å². The SMILES string of the molecule is Cl.N.N.N.N.OCC1CCN(c2nc(C3CCCCC3)nc(N3CCCCC3)n2)CC1.[HH].[HH].[HH].[HH]. The summed E-state index contributed by atoms with van der Waals surface area (Å²) in [5.41, 5.74) is 0. The third kappa shape index (κ3) is 7.96. The maximum absolute atomic E-state index is 9.41. The Morgan fingerprint density at radius 1 is 0.677 bits per heavy atom. The Morgan fingerprint density at radius 2 is 1.16 bits per heavy atom. The van der Waals surface area contributed by atoms with Crippen molar-refractivity contribution in [2.45, 2.75) is 70.1 Å². The lowest BCUT2D eigenvalue weighted by Crippen LogP contribution is -2.37. The minimum absolute atomic E-state index is 0. The number of hydrogen-bond donors (Lipinski definition) is 5. The lowest BCUT2D eigenvalue weighted by Gasteiger charge is -2.33. The average molecular weight is 472 g/mol. The van der Waals surface area contributed by atoms with E-state index in [1.54, 1.807) is 0 Å². The van der Waals surface area contributed by atoms with E-state index in [4.69, 9.17) is 15.0 Å². The van der Waals surface area contributed by atoms with Crippen molar-refractivity contribution in [1.29, 1.82) is 0 Å². The third-order valence-corrected chi connectivity index (χ3v) is 6.39. The normalized spacial score (nSPS) is 19.6. The highest BCUT2D eigenvalue weighted by atomic mass is 35.5. The molecule has 1 aliphatic carbocycles. The molecular weight excluding hydrogens is 418 g/mol. The fraction of sp³-hybridized carbons (Fsp3) is 0.850. The van der Waals surface area contributed by atoms with Crippen LogP contribution in [0.3, 0.4) is 0 Å². The van der Waals surface area contributed by atoms with Crippen LogP contribution in [0.4, 0.5) is 11.9 Å². The molecule has 0 bridgehead atoms. The van der Waals surface area contributed by atoms with Gasteiger partial charge in [-0.1, -0.05) is 19.3 Å². The zero-order valence-corrected chi connectivity index (χ0v) is 20.0. The van der Waals surface area contributed by atoms with E-state index in [9.17, 15) is 5.11 Å². The van der Waals surface area contributed by atoms with E-state index in [1.165, 1.54) is 51.4 Å². The van der Waals surface area contributed by atoms with E-state index in [2.05, 4.69) is 9.80 Å². The van der Waals surface area contributed by atoms with Crippen LogP contribution in [0.2, 0.25) is 0 Å². The second-order valence-corrected chi connectivity index (χ2v) is 8.29. The molecule has 2 saturated heterocycles. The van der Waals surface area contributed by atoms with Gasteiger partial charge in [-0.3, -0.25) is 0 Å². The Hall–Kier alpha value is -1.30. The number of anilines is 2. The van der Waals surface area contributed by atoms with E-state index >= 15 is 0 Å². The van der Waals surface area contributed by atoms with E-state index in [1.807, 2.05) is 0 Å². The minimum Gasteiger partial charge on any atom is -0.396 e. The summed E-state index contributed by atoms with van der Waals surface area (Å²) in [6.45, 7) is 4.33. The molecule has 0 atom stereocenters. The van der Waals surface area contributed by atoms with Gasteiger partial charge in [0, 0.05) is 44.4 Å². The highest BCUT2D eigenvalue weighted by molar-refractivity contribution is 5.85. The summed E-state index contributed by atoms with van der Waals surface area (Å²) >= 11 is 0. The largest absolute Gasteiger partial charge is 0.396 e. The summed E-state index contributed by atoms with van der Waals surface area (Å²) in [6.07, 6.45) is 12.2. The maximum Gasteiger partial charge on any atom is 0.230 e. The molecule has 0 radical (unpaired) electrons. The fourth-order valence-corrected chi connectivity index (χ4v) is 4.61. The van der Waals surface area contributed by atoms with Crippen molar-refractivity contribution in [2.75, 3.05) is 42.6 Å². The molecule has 3 aliphatic rings. The number of rotatable bonds is 4. The van der Waals surface area contributed by atoms with Gasteiger partial charge in [-0.25, -0.2) is 0 Å². The van der Waals surface area contributed by atoms with E-state index in [0.717, 1.165) is 56.7 Å². The molecule has 3 fully saturated rings. The molecule has 13 N–H and O–H groups in total. The first kappa shape index (κ1) is 31.9. The van der Waals surface area contributed by atoms with Gasteiger partial charge in [0.1, 0.15) is 5.82 Å². The van der Waals surface area contributed by atoms with Crippen LogP contribution in [0.1, 0.15) is 81.7 Å². The second-order valence-electron chi connectivity index (χ2n) is 8.29. The summed E-state index contributed by atoms with van der Waals surface area (Å²) in [5.74, 6) is 3.74. The lowest BCUT2D eigenvalue weighted by atomic mass is 9.89. The van der Waals surface area contributed by atoms with Crippen molar-refractivity contribution in [3.63, 3.8) is 0 Å². The standard InChI is InChI=1S/C20H33N5O.ClH.4H3N.4H2/c26-15-16-9-13-25(14-10-16)20-22-18(17-7-3-1-4-8-17)21-19(23-20)24-11-5-2-6-12-24;;;;;;;;;/h16-17,26H,1-15H2;1H;4*1H3;4*1H. The summed E-state index contributed by atoms with van der Waals surface area (Å²) in [6, 6.07) is 0. The molecule has 31 heavy (non-hydrogen) atoms. The van der Waals surface area contributed by atoms with Gasteiger partial charge in [-0.05, 0) is 50.9 Å². The summed E-state index contributed by atoms with van der Waals surface area (Å²) in [7, 11) is 0. The van der Waals surface area contributed by atoms with Gasteiger partial charge in [-0.15, -0.1) is 12.4 Å². The van der Waals surface area contributed by atoms with Crippen molar-refractivity contribution < 1.29 is 10.8 Å². The molecular formula is C20H54ClN9O. The average Bonchev–Trinajstić information content (AvgIpc) is 2.75. The highest BCUT2D eigenvalue weighted by Crippen LogP contribution is 2.33. The Morgan fingerprint density at radius 3 is 1.68 bits per heavy atom. The molecule has 3 heterocycles. The fourth-order valence-electron chi connectivity index (χ4n) is 4.61. The van der Waals surface area contributed by atoms with Crippen LogP contribution in [0.15, 0.2) is 0 Å². The van der Waals surface area contributed by atoms with Gasteiger partial charge < -0.3 is 39.5 Å². The van der Waals surface area contributed by atoms with Gasteiger partial charge in [0.15, 0.2) is 0 Å². The highest BCUT2D eigenvalue weighted by Gasteiger charge is 2.26.